The van der Waals surface area contributed by atoms with Crippen LogP contribution in [0.1, 0.15) is 0 Å². The van der Waals surface area contributed by atoms with Gasteiger partial charge in [0.15, 0.2) is 0 Å². The lowest BCUT2D eigenvalue weighted by molar-refractivity contribution is 0.637. The van der Waals surface area contributed by atoms with Crippen molar-refractivity contribution in [2.45, 2.75) is 0 Å². The van der Waals surface area contributed by atoms with Crippen LogP contribution < -0.4 is 10.9 Å². The van der Waals surface area contributed by atoms with Crippen molar-refractivity contribution < 1.29 is 4.39 Å². The van der Waals surface area contributed by atoms with Gasteiger partial charge in [-0.25, -0.2) is 4.39 Å². The molecule has 0 aliphatic heterocycles. The Hall–Kier alpha value is -0.720. The number of hydrogen-bond acceptors (Lipinski definition) is 0. The van der Waals surface area contributed by atoms with Crippen molar-refractivity contribution in [2.24, 2.45) is 0 Å². The summed E-state index contributed by atoms with van der Waals surface area (Å²) in [5.74, 6) is -0.463. The third-order valence-electron chi connectivity index (χ3n) is 1.02. The molecular weight excluding hydrogens is 113 g/mol. The fourth-order valence-electron chi connectivity index (χ4n) is 0.543. The van der Waals surface area contributed by atoms with Crippen molar-refractivity contribution in [1.82, 2.24) is 0 Å². The molecule has 9 heavy (non-hydrogen) atoms. The van der Waals surface area contributed by atoms with Crippen molar-refractivity contribution in [2.75, 3.05) is 0 Å². The fraction of sp³-hybridized carbons (Fsp3) is 0. The SMILES string of the molecule is [B]c1ccc([B])c(F)c1. The summed E-state index contributed by atoms with van der Waals surface area (Å²) in [6.45, 7) is 0. The Morgan fingerprint density at radius 3 is 2.33 bits per heavy atom. The molecule has 40 valence electrons. The molecule has 3 heteroatoms. The molecule has 1 aromatic rings. The molecule has 0 aromatic heterocycles. The summed E-state index contributed by atoms with van der Waals surface area (Å²) in [5.41, 5.74) is 0.519. The number of rotatable bonds is 0. The van der Waals surface area contributed by atoms with Crippen LogP contribution in [0.3, 0.4) is 0 Å². The molecule has 0 saturated carbocycles. The van der Waals surface area contributed by atoms with Gasteiger partial charge in [-0.2, -0.15) is 0 Å². The van der Waals surface area contributed by atoms with Crippen molar-refractivity contribution >= 4 is 26.6 Å². The van der Waals surface area contributed by atoms with Crippen molar-refractivity contribution in [1.29, 1.82) is 0 Å². The predicted molar refractivity (Wildman–Crippen MR) is 37.2 cm³/mol. The van der Waals surface area contributed by atoms with E-state index in [-0.39, 0.29) is 5.46 Å². The third kappa shape index (κ3) is 1.35. The Balaban J connectivity index is 3.17. The molecule has 0 heterocycles. The Bertz CT molecular complexity index is 222. The van der Waals surface area contributed by atoms with Gasteiger partial charge in [-0.05, 0) is 6.07 Å². The maximum absolute atomic E-state index is 12.4. The van der Waals surface area contributed by atoms with E-state index in [1.54, 1.807) is 6.07 Å². The Morgan fingerprint density at radius 1 is 1.22 bits per heavy atom. The van der Waals surface area contributed by atoms with E-state index < -0.39 is 5.82 Å². The van der Waals surface area contributed by atoms with Gasteiger partial charge in [-0.15, -0.1) is 0 Å². The van der Waals surface area contributed by atoms with Gasteiger partial charge in [0.05, 0.1) is 0 Å². The lowest BCUT2D eigenvalue weighted by Gasteiger charge is -1.95. The Kier molecular flexibility index (Phi) is 1.60. The topological polar surface area (TPSA) is 0 Å². The third-order valence-corrected chi connectivity index (χ3v) is 1.02. The molecule has 0 saturated heterocycles. The summed E-state index contributed by atoms with van der Waals surface area (Å²) < 4.78 is 12.4. The normalized spacial score (nSPS) is 9.44. The number of benzene rings is 1. The van der Waals surface area contributed by atoms with Gasteiger partial charge in [0.2, 0.25) is 0 Å². The molecular formula is C6H3B2F. The van der Waals surface area contributed by atoms with E-state index in [1.165, 1.54) is 12.1 Å². The maximum Gasteiger partial charge on any atom is 0.117 e. The van der Waals surface area contributed by atoms with Gasteiger partial charge in [-0.1, -0.05) is 23.1 Å². The zero-order valence-electron chi connectivity index (χ0n) is 4.76. The predicted octanol–water partition coefficient (Wildman–Crippen LogP) is -0.587. The maximum atomic E-state index is 12.4. The van der Waals surface area contributed by atoms with Crippen LogP contribution in [0.4, 0.5) is 4.39 Å². The largest absolute Gasteiger partial charge is 0.208 e. The highest BCUT2D eigenvalue weighted by atomic mass is 19.1. The van der Waals surface area contributed by atoms with Crippen LogP contribution in [-0.2, 0) is 0 Å². The first-order valence-electron chi connectivity index (χ1n) is 2.50. The second kappa shape index (κ2) is 2.26. The molecule has 0 fully saturated rings. The monoisotopic (exact) mass is 116 g/mol. The molecule has 1 rings (SSSR count). The van der Waals surface area contributed by atoms with Gasteiger partial charge in [0, 0.05) is 0 Å². The highest BCUT2D eigenvalue weighted by Crippen LogP contribution is 1.85. The minimum absolute atomic E-state index is 0.129. The van der Waals surface area contributed by atoms with E-state index >= 15 is 0 Å². The van der Waals surface area contributed by atoms with Crippen LogP contribution in [0.15, 0.2) is 18.2 Å². The van der Waals surface area contributed by atoms with Gasteiger partial charge in [0.25, 0.3) is 0 Å². The van der Waals surface area contributed by atoms with Crippen LogP contribution in [0.2, 0.25) is 0 Å². The average molecular weight is 116 g/mol. The molecule has 0 bridgehead atoms. The highest BCUT2D eigenvalue weighted by molar-refractivity contribution is 6.35. The summed E-state index contributed by atoms with van der Waals surface area (Å²) in [4.78, 5) is 0. The molecule has 0 amide bonds. The first-order chi connectivity index (χ1) is 4.20. The molecule has 4 radical (unpaired) electrons. The Labute approximate surface area is 55.9 Å². The summed E-state index contributed by atoms with van der Waals surface area (Å²) in [6, 6.07) is 4.18. The summed E-state index contributed by atoms with van der Waals surface area (Å²) in [7, 11) is 10.4. The number of halogens is 1. The van der Waals surface area contributed by atoms with Crippen LogP contribution >= 0.6 is 0 Å². The van der Waals surface area contributed by atoms with Crippen LogP contribution in [-0.4, -0.2) is 15.7 Å². The minimum Gasteiger partial charge on any atom is -0.208 e. The number of hydrogen-bond donors (Lipinski definition) is 0. The Morgan fingerprint density at radius 2 is 1.89 bits per heavy atom. The van der Waals surface area contributed by atoms with E-state index in [0.29, 0.717) is 5.46 Å². The van der Waals surface area contributed by atoms with Gasteiger partial charge < -0.3 is 0 Å². The summed E-state index contributed by atoms with van der Waals surface area (Å²) in [6.07, 6.45) is 0. The lowest BCUT2D eigenvalue weighted by atomic mass is 9.89. The smallest absolute Gasteiger partial charge is 0.117 e. The van der Waals surface area contributed by atoms with Crippen LogP contribution in [0.5, 0.6) is 0 Å². The molecule has 1 aromatic carbocycles. The standard InChI is InChI=1S/C6H3B2F/c7-4-1-2-5(8)6(9)3-4/h1-3H. The van der Waals surface area contributed by atoms with Gasteiger partial charge >= 0.3 is 0 Å². The quantitative estimate of drug-likeness (QED) is 0.397. The minimum atomic E-state index is -0.463. The van der Waals surface area contributed by atoms with E-state index in [4.69, 9.17) is 15.7 Å². The van der Waals surface area contributed by atoms with Crippen LogP contribution in [0.25, 0.3) is 0 Å². The van der Waals surface area contributed by atoms with Crippen molar-refractivity contribution in [3.63, 3.8) is 0 Å². The van der Waals surface area contributed by atoms with Crippen LogP contribution in [0, 0.1) is 5.82 Å². The zero-order chi connectivity index (χ0) is 6.85. The molecule has 0 unspecified atom stereocenters. The van der Waals surface area contributed by atoms with E-state index in [9.17, 15) is 4.39 Å². The first kappa shape index (κ1) is 6.40. The molecule has 0 aliphatic rings. The lowest BCUT2D eigenvalue weighted by Crippen LogP contribution is -2.14. The van der Waals surface area contributed by atoms with Crippen molar-refractivity contribution in [3.05, 3.63) is 24.0 Å². The second-order valence-electron chi connectivity index (χ2n) is 1.78. The van der Waals surface area contributed by atoms with Crippen molar-refractivity contribution in [3.8, 4) is 0 Å². The highest BCUT2D eigenvalue weighted by Gasteiger charge is 1.92. The second-order valence-corrected chi connectivity index (χ2v) is 1.78. The zero-order valence-corrected chi connectivity index (χ0v) is 4.76. The molecule has 0 spiro atoms. The fourth-order valence-corrected chi connectivity index (χ4v) is 0.543. The van der Waals surface area contributed by atoms with E-state index in [1.807, 2.05) is 0 Å². The average Bonchev–Trinajstić information content (AvgIpc) is 1.80. The van der Waals surface area contributed by atoms with E-state index in [2.05, 4.69) is 0 Å². The summed E-state index contributed by atoms with van der Waals surface area (Å²) >= 11 is 0. The molecule has 0 N–H and O–H groups in total. The molecule has 0 aliphatic carbocycles. The summed E-state index contributed by atoms with van der Waals surface area (Å²) in [5, 5.41) is 0. The van der Waals surface area contributed by atoms with E-state index in [0.717, 1.165) is 0 Å². The first-order valence-corrected chi connectivity index (χ1v) is 2.50. The molecule has 0 atom stereocenters. The van der Waals surface area contributed by atoms with Gasteiger partial charge in [0.1, 0.15) is 21.5 Å². The van der Waals surface area contributed by atoms with Gasteiger partial charge in [-0.3, -0.25) is 0 Å². The molecule has 0 nitrogen and oxygen atoms in total.